The van der Waals surface area contributed by atoms with Gasteiger partial charge in [0.15, 0.2) is 17.3 Å². The highest BCUT2D eigenvalue weighted by atomic mass is 35.5. The van der Waals surface area contributed by atoms with Crippen molar-refractivity contribution in [2.75, 3.05) is 0 Å². The number of pyridine rings is 1. The van der Waals surface area contributed by atoms with Gasteiger partial charge in [-0.15, -0.1) is 0 Å². The first-order valence-electron chi connectivity index (χ1n) is 2.62. The Kier molecular flexibility index (Phi) is 2.42. The molecular formula is C6H2Cl2FNO. The molecule has 0 amide bonds. The number of aldehydes is 1. The number of aromatic nitrogens is 1. The van der Waals surface area contributed by atoms with Gasteiger partial charge in [-0.3, -0.25) is 4.79 Å². The van der Waals surface area contributed by atoms with Crippen LogP contribution < -0.4 is 0 Å². The molecule has 0 bridgehead atoms. The van der Waals surface area contributed by atoms with E-state index in [1.807, 2.05) is 0 Å². The van der Waals surface area contributed by atoms with Crippen LogP contribution in [-0.2, 0) is 0 Å². The SMILES string of the molecule is O=Cc1cc(Cl)nc(Cl)c1F. The van der Waals surface area contributed by atoms with Gasteiger partial charge < -0.3 is 0 Å². The lowest BCUT2D eigenvalue weighted by molar-refractivity contribution is 0.111. The second-order valence-corrected chi connectivity index (χ2v) is 2.50. The van der Waals surface area contributed by atoms with Crippen LogP contribution in [0.15, 0.2) is 6.07 Å². The molecular weight excluding hydrogens is 192 g/mol. The molecule has 0 aliphatic heterocycles. The first-order valence-corrected chi connectivity index (χ1v) is 3.37. The van der Waals surface area contributed by atoms with E-state index in [0.717, 1.165) is 6.07 Å². The van der Waals surface area contributed by atoms with Crippen LogP contribution in [0.5, 0.6) is 0 Å². The van der Waals surface area contributed by atoms with Crippen molar-refractivity contribution in [1.82, 2.24) is 4.98 Å². The smallest absolute Gasteiger partial charge is 0.171 e. The van der Waals surface area contributed by atoms with Gasteiger partial charge in [0.25, 0.3) is 0 Å². The lowest BCUT2D eigenvalue weighted by atomic mass is 10.3. The molecule has 2 nitrogen and oxygen atoms in total. The Hall–Kier alpha value is -0.670. The van der Waals surface area contributed by atoms with E-state index in [1.165, 1.54) is 0 Å². The molecule has 0 N–H and O–H groups in total. The molecule has 0 aromatic carbocycles. The summed E-state index contributed by atoms with van der Waals surface area (Å²) in [6.45, 7) is 0. The van der Waals surface area contributed by atoms with Crippen molar-refractivity contribution < 1.29 is 9.18 Å². The normalized spacial score (nSPS) is 9.73. The fraction of sp³-hybridized carbons (Fsp3) is 0. The van der Waals surface area contributed by atoms with E-state index in [1.54, 1.807) is 0 Å². The summed E-state index contributed by atoms with van der Waals surface area (Å²) in [7, 11) is 0. The van der Waals surface area contributed by atoms with Crippen molar-refractivity contribution in [2.45, 2.75) is 0 Å². The molecule has 0 fully saturated rings. The number of carbonyl (C=O) groups is 1. The predicted octanol–water partition coefficient (Wildman–Crippen LogP) is 2.34. The lowest BCUT2D eigenvalue weighted by Crippen LogP contribution is -1.91. The Morgan fingerprint density at radius 2 is 2.18 bits per heavy atom. The molecule has 0 unspecified atom stereocenters. The highest BCUT2D eigenvalue weighted by Gasteiger charge is 2.08. The minimum atomic E-state index is -0.842. The average Bonchev–Trinajstić information content (AvgIpc) is 1.96. The van der Waals surface area contributed by atoms with E-state index in [-0.39, 0.29) is 15.9 Å². The van der Waals surface area contributed by atoms with Crippen molar-refractivity contribution >= 4 is 29.5 Å². The maximum Gasteiger partial charge on any atom is 0.171 e. The summed E-state index contributed by atoms with van der Waals surface area (Å²) >= 11 is 10.6. The number of carbonyl (C=O) groups excluding carboxylic acids is 1. The summed E-state index contributed by atoms with van der Waals surface area (Å²) in [6, 6.07) is 1.11. The van der Waals surface area contributed by atoms with Gasteiger partial charge in [0.1, 0.15) is 5.15 Å². The van der Waals surface area contributed by atoms with Gasteiger partial charge in [-0.1, -0.05) is 23.2 Å². The molecule has 0 atom stereocenters. The van der Waals surface area contributed by atoms with Crippen LogP contribution in [0.2, 0.25) is 10.3 Å². The van der Waals surface area contributed by atoms with Gasteiger partial charge in [-0.2, -0.15) is 0 Å². The first-order chi connectivity index (χ1) is 5.15. The zero-order valence-electron chi connectivity index (χ0n) is 5.14. The van der Waals surface area contributed by atoms with Crippen LogP contribution in [0, 0.1) is 5.82 Å². The molecule has 5 heteroatoms. The minimum absolute atomic E-state index is 0.00139. The molecule has 0 spiro atoms. The standard InChI is InChI=1S/C6H2Cl2FNO/c7-4-1-3(2-11)5(9)6(8)10-4/h1-2H. The van der Waals surface area contributed by atoms with Crippen LogP contribution in [-0.4, -0.2) is 11.3 Å². The van der Waals surface area contributed by atoms with Gasteiger partial charge in [-0.05, 0) is 6.07 Å². The molecule has 1 rings (SSSR count). The van der Waals surface area contributed by atoms with Gasteiger partial charge in [-0.25, -0.2) is 9.37 Å². The Morgan fingerprint density at radius 1 is 1.55 bits per heavy atom. The lowest BCUT2D eigenvalue weighted by Gasteiger charge is -1.96. The molecule has 1 heterocycles. The van der Waals surface area contributed by atoms with Gasteiger partial charge in [0, 0.05) is 0 Å². The predicted molar refractivity (Wildman–Crippen MR) is 39.6 cm³/mol. The van der Waals surface area contributed by atoms with Crippen LogP contribution in [0.4, 0.5) is 4.39 Å². The fourth-order valence-electron chi connectivity index (χ4n) is 0.572. The third kappa shape index (κ3) is 1.67. The highest BCUT2D eigenvalue weighted by molar-refractivity contribution is 6.32. The van der Waals surface area contributed by atoms with Gasteiger partial charge >= 0.3 is 0 Å². The van der Waals surface area contributed by atoms with E-state index >= 15 is 0 Å². The number of hydrogen-bond acceptors (Lipinski definition) is 2. The van der Waals surface area contributed by atoms with Crippen molar-refractivity contribution in [3.63, 3.8) is 0 Å². The minimum Gasteiger partial charge on any atom is -0.298 e. The van der Waals surface area contributed by atoms with E-state index in [2.05, 4.69) is 4.98 Å². The Balaban J connectivity index is 3.35. The summed E-state index contributed by atoms with van der Waals surface area (Å²) in [5.41, 5.74) is -0.185. The van der Waals surface area contributed by atoms with Crippen molar-refractivity contribution in [1.29, 1.82) is 0 Å². The molecule has 0 aliphatic rings. The third-order valence-electron chi connectivity index (χ3n) is 1.04. The molecule has 11 heavy (non-hydrogen) atoms. The molecule has 1 aromatic rings. The Labute approximate surface area is 71.9 Å². The van der Waals surface area contributed by atoms with Crippen LogP contribution >= 0.6 is 23.2 Å². The Bertz CT molecular complexity index is 303. The van der Waals surface area contributed by atoms with E-state index < -0.39 is 5.82 Å². The molecule has 1 aromatic heterocycles. The molecule has 58 valence electrons. The van der Waals surface area contributed by atoms with Crippen molar-refractivity contribution in [2.24, 2.45) is 0 Å². The zero-order chi connectivity index (χ0) is 8.43. The monoisotopic (exact) mass is 193 g/mol. The summed E-state index contributed by atoms with van der Waals surface area (Å²) in [5.74, 6) is -0.842. The summed E-state index contributed by atoms with van der Waals surface area (Å²) in [6.07, 6.45) is 0.328. The zero-order valence-corrected chi connectivity index (χ0v) is 6.66. The summed E-state index contributed by atoms with van der Waals surface area (Å²) < 4.78 is 12.7. The quantitative estimate of drug-likeness (QED) is 0.507. The molecule has 0 aliphatic carbocycles. The molecule has 0 saturated heterocycles. The van der Waals surface area contributed by atoms with Gasteiger partial charge in [0.2, 0.25) is 0 Å². The van der Waals surface area contributed by atoms with Crippen LogP contribution in [0.3, 0.4) is 0 Å². The van der Waals surface area contributed by atoms with Crippen LogP contribution in [0.1, 0.15) is 10.4 Å². The number of rotatable bonds is 1. The average molecular weight is 194 g/mol. The molecule has 0 saturated carbocycles. The highest BCUT2D eigenvalue weighted by Crippen LogP contribution is 2.18. The molecule has 0 radical (unpaired) electrons. The number of hydrogen-bond donors (Lipinski definition) is 0. The summed E-state index contributed by atoms with van der Waals surface area (Å²) in [4.78, 5) is 13.5. The van der Waals surface area contributed by atoms with Crippen molar-refractivity contribution in [3.8, 4) is 0 Å². The largest absolute Gasteiger partial charge is 0.298 e. The first kappa shape index (κ1) is 8.43. The number of nitrogens with zero attached hydrogens (tertiary/aromatic N) is 1. The topological polar surface area (TPSA) is 30.0 Å². The maximum absolute atomic E-state index is 12.7. The van der Waals surface area contributed by atoms with E-state index in [9.17, 15) is 9.18 Å². The third-order valence-corrected chi connectivity index (χ3v) is 1.49. The summed E-state index contributed by atoms with van der Waals surface area (Å²) in [5, 5.41) is -0.391. The van der Waals surface area contributed by atoms with E-state index in [0.29, 0.717) is 6.29 Å². The second kappa shape index (κ2) is 3.15. The van der Waals surface area contributed by atoms with Crippen molar-refractivity contribution in [3.05, 3.63) is 27.8 Å². The van der Waals surface area contributed by atoms with E-state index in [4.69, 9.17) is 23.2 Å². The Morgan fingerprint density at radius 3 is 2.73 bits per heavy atom. The maximum atomic E-state index is 12.7. The van der Waals surface area contributed by atoms with Crippen LogP contribution in [0.25, 0.3) is 0 Å². The number of halogens is 3. The fourth-order valence-corrected chi connectivity index (χ4v) is 1.02. The van der Waals surface area contributed by atoms with Gasteiger partial charge in [0.05, 0.1) is 5.56 Å². The second-order valence-electron chi connectivity index (χ2n) is 1.76.